The van der Waals surface area contributed by atoms with Crippen LogP contribution < -0.4 is 5.32 Å². The van der Waals surface area contributed by atoms with Crippen LogP contribution in [0, 0.1) is 29.6 Å². The minimum Gasteiger partial charge on any atom is -0.344 e. The molecule has 0 aliphatic heterocycles. The topological polar surface area (TPSA) is 56.1 Å². The lowest BCUT2D eigenvalue weighted by molar-refractivity contribution is -0.122. The molecule has 0 aliphatic rings. The summed E-state index contributed by atoms with van der Waals surface area (Å²) in [5.41, 5.74) is 0. The van der Waals surface area contributed by atoms with E-state index in [9.17, 15) is 4.79 Å². The quantitative estimate of drug-likeness (QED) is 0.634. The molecule has 0 heterocycles. The Bertz CT molecular complexity index is 275. The summed E-state index contributed by atoms with van der Waals surface area (Å²) in [7, 11) is 0. The zero-order chi connectivity index (χ0) is 11.7. The van der Waals surface area contributed by atoms with Gasteiger partial charge in [-0.3, -0.25) is 9.69 Å². The molecule has 0 saturated heterocycles. The van der Waals surface area contributed by atoms with E-state index in [1.54, 1.807) is 0 Å². The Morgan fingerprint density at radius 1 is 1.67 bits per heavy atom. The summed E-state index contributed by atoms with van der Waals surface area (Å²) in [6, 6.07) is 2.14. The highest BCUT2D eigenvalue weighted by molar-refractivity contribution is 5.78. The third-order valence-electron chi connectivity index (χ3n) is 1.95. The first-order valence-corrected chi connectivity index (χ1v) is 4.96. The predicted octanol–water partition coefficient (Wildman–Crippen LogP) is 0.217. The van der Waals surface area contributed by atoms with E-state index < -0.39 is 0 Å². The molecule has 4 nitrogen and oxygen atoms in total. The van der Waals surface area contributed by atoms with Gasteiger partial charge in [0, 0.05) is 6.54 Å². The van der Waals surface area contributed by atoms with Gasteiger partial charge in [0.25, 0.3) is 0 Å². The van der Waals surface area contributed by atoms with Crippen LogP contribution in [0.2, 0.25) is 0 Å². The molecule has 0 radical (unpaired) electrons. The summed E-state index contributed by atoms with van der Waals surface area (Å²) in [5.74, 6) is 2.18. The number of terminal acetylenes is 1. The Kier molecular flexibility index (Phi) is 7.05. The molecule has 0 aromatic rings. The predicted molar refractivity (Wildman–Crippen MR) is 58.7 cm³/mol. The van der Waals surface area contributed by atoms with Crippen molar-refractivity contribution in [3.63, 3.8) is 0 Å². The van der Waals surface area contributed by atoms with Crippen molar-refractivity contribution in [2.45, 2.75) is 13.8 Å². The van der Waals surface area contributed by atoms with Crippen molar-refractivity contribution in [3.05, 3.63) is 0 Å². The lowest BCUT2D eigenvalue weighted by Gasteiger charge is -2.20. The standard InChI is InChI=1S/C11H17N3O/c1-4-6-13-11(15)9-14(5-2)8-10(3)7-12/h1,10H,5-6,8-9H2,2-3H3,(H,13,15). The highest BCUT2D eigenvalue weighted by Gasteiger charge is 2.11. The Morgan fingerprint density at radius 2 is 2.33 bits per heavy atom. The number of amides is 1. The van der Waals surface area contributed by atoms with Crippen LogP contribution in [0.25, 0.3) is 0 Å². The molecule has 0 aromatic heterocycles. The molecular weight excluding hydrogens is 190 g/mol. The number of hydrogen-bond acceptors (Lipinski definition) is 3. The first kappa shape index (κ1) is 13.5. The van der Waals surface area contributed by atoms with Gasteiger partial charge in [-0.2, -0.15) is 5.26 Å². The lowest BCUT2D eigenvalue weighted by atomic mass is 10.2. The fraction of sp³-hybridized carbons (Fsp3) is 0.636. The molecule has 82 valence electrons. The summed E-state index contributed by atoms with van der Waals surface area (Å²) < 4.78 is 0. The Morgan fingerprint density at radius 3 is 2.80 bits per heavy atom. The highest BCUT2D eigenvalue weighted by atomic mass is 16.2. The van der Waals surface area contributed by atoms with Gasteiger partial charge in [-0.25, -0.2) is 0 Å². The van der Waals surface area contributed by atoms with Gasteiger partial charge in [-0.1, -0.05) is 12.8 Å². The molecule has 0 spiro atoms. The van der Waals surface area contributed by atoms with Crippen molar-refractivity contribution in [2.24, 2.45) is 5.92 Å². The molecule has 0 rings (SSSR count). The summed E-state index contributed by atoms with van der Waals surface area (Å²) >= 11 is 0. The van der Waals surface area contributed by atoms with E-state index in [0.717, 1.165) is 6.54 Å². The van der Waals surface area contributed by atoms with Gasteiger partial charge in [0.2, 0.25) is 5.91 Å². The van der Waals surface area contributed by atoms with Crippen molar-refractivity contribution in [3.8, 4) is 18.4 Å². The van der Waals surface area contributed by atoms with Gasteiger partial charge >= 0.3 is 0 Å². The van der Waals surface area contributed by atoms with Crippen molar-refractivity contribution in [1.82, 2.24) is 10.2 Å². The molecule has 1 atom stereocenters. The number of nitriles is 1. The van der Waals surface area contributed by atoms with Crippen LogP contribution in [0.1, 0.15) is 13.8 Å². The molecule has 0 fully saturated rings. The lowest BCUT2D eigenvalue weighted by Crippen LogP contribution is -2.39. The van der Waals surface area contributed by atoms with Gasteiger partial charge in [0.15, 0.2) is 0 Å². The maximum Gasteiger partial charge on any atom is 0.234 e. The summed E-state index contributed by atoms with van der Waals surface area (Å²) in [5, 5.41) is 11.2. The number of carbonyl (C=O) groups excluding carboxylic acids is 1. The van der Waals surface area contributed by atoms with Crippen LogP contribution in [0.4, 0.5) is 0 Å². The third kappa shape index (κ3) is 6.54. The second-order valence-corrected chi connectivity index (χ2v) is 3.34. The van der Waals surface area contributed by atoms with E-state index >= 15 is 0 Å². The van der Waals surface area contributed by atoms with E-state index in [2.05, 4.69) is 17.3 Å². The minimum absolute atomic E-state index is 0.0645. The summed E-state index contributed by atoms with van der Waals surface area (Å²) in [6.45, 7) is 5.70. The molecule has 15 heavy (non-hydrogen) atoms. The van der Waals surface area contributed by atoms with E-state index in [1.807, 2.05) is 18.7 Å². The zero-order valence-corrected chi connectivity index (χ0v) is 9.29. The second-order valence-electron chi connectivity index (χ2n) is 3.34. The van der Waals surface area contributed by atoms with Crippen LogP contribution in [0.5, 0.6) is 0 Å². The van der Waals surface area contributed by atoms with E-state index in [4.69, 9.17) is 11.7 Å². The van der Waals surface area contributed by atoms with Crippen molar-refractivity contribution in [2.75, 3.05) is 26.2 Å². The normalized spacial score (nSPS) is 11.5. The maximum absolute atomic E-state index is 11.3. The molecule has 0 aliphatic carbocycles. The summed E-state index contributed by atoms with van der Waals surface area (Å²) in [6.07, 6.45) is 5.02. The first-order chi connectivity index (χ1) is 7.13. The molecule has 1 amide bonds. The second kappa shape index (κ2) is 7.84. The first-order valence-electron chi connectivity index (χ1n) is 4.96. The summed E-state index contributed by atoms with van der Waals surface area (Å²) in [4.78, 5) is 13.2. The molecule has 0 saturated carbocycles. The molecule has 4 heteroatoms. The SMILES string of the molecule is C#CCNC(=O)CN(CC)CC(C)C#N. The monoisotopic (exact) mass is 207 g/mol. The van der Waals surface area contributed by atoms with Gasteiger partial charge < -0.3 is 5.32 Å². The number of nitrogens with one attached hydrogen (secondary N) is 1. The number of rotatable bonds is 6. The molecule has 0 aromatic carbocycles. The highest BCUT2D eigenvalue weighted by Crippen LogP contribution is 1.97. The largest absolute Gasteiger partial charge is 0.344 e. The number of carbonyl (C=O) groups is 1. The number of hydrogen-bond donors (Lipinski definition) is 1. The van der Waals surface area contributed by atoms with Crippen LogP contribution >= 0.6 is 0 Å². The van der Waals surface area contributed by atoms with Gasteiger partial charge in [0.05, 0.1) is 25.1 Å². The molecule has 0 bridgehead atoms. The molecule has 1 unspecified atom stereocenters. The van der Waals surface area contributed by atoms with Crippen LogP contribution in [-0.2, 0) is 4.79 Å². The fourth-order valence-electron chi connectivity index (χ4n) is 1.14. The average molecular weight is 207 g/mol. The van der Waals surface area contributed by atoms with Crippen LogP contribution in [0.15, 0.2) is 0 Å². The number of likely N-dealkylation sites (N-methyl/N-ethyl adjacent to an activating group) is 1. The fourth-order valence-corrected chi connectivity index (χ4v) is 1.14. The Labute approximate surface area is 91.3 Å². The molecule has 1 N–H and O–H groups in total. The van der Waals surface area contributed by atoms with Crippen molar-refractivity contribution < 1.29 is 4.79 Å². The van der Waals surface area contributed by atoms with Gasteiger partial charge in [-0.15, -0.1) is 6.42 Å². The minimum atomic E-state index is -0.0973. The molecular formula is C11H17N3O. The Balaban J connectivity index is 3.95. The van der Waals surface area contributed by atoms with E-state index in [-0.39, 0.29) is 18.4 Å². The van der Waals surface area contributed by atoms with Crippen LogP contribution in [-0.4, -0.2) is 37.0 Å². The van der Waals surface area contributed by atoms with E-state index in [0.29, 0.717) is 13.1 Å². The van der Waals surface area contributed by atoms with Crippen molar-refractivity contribution in [1.29, 1.82) is 5.26 Å². The smallest absolute Gasteiger partial charge is 0.234 e. The van der Waals surface area contributed by atoms with Gasteiger partial charge in [-0.05, 0) is 13.5 Å². The average Bonchev–Trinajstić information content (AvgIpc) is 2.25. The Hall–Kier alpha value is -1.52. The third-order valence-corrected chi connectivity index (χ3v) is 1.95. The zero-order valence-electron chi connectivity index (χ0n) is 9.29. The van der Waals surface area contributed by atoms with Crippen LogP contribution in [0.3, 0.4) is 0 Å². The van der Waals surface area contributed by atoms with E-state index in [1.165, 1.54) is 0 Å². The maximum atomic E-state index is 11.3. The number of nitrogens with zero attached hydrogens (tertiary/aromatic N) is 2. The van der Waals surface area contributed by atoms with Gasteiger partial charge in [0.1, 0.15) is 0 Å². The van der Waals surface area contributed by atoms with Crippen molar-refractivity contribution >= 4 is 5.91 Å².